The Morgan fingerprint density at radius 1 is 1.21 bits per heavy atom. The molecule has 0 aliphatic carbocycles. The summed E-state index contributed by atoms with van der Waals surface area (Å²) in [7, 11) is 1.42. The molecule has 3 aromatic heterocycles. The first-order chi connectivity index (χ1) is 16.4. The van der Waals surface area contributed by atoms with Crippen LogP contribution in [0.5, 0.6) is 11.6 Å². The van der Waals surface area contributed by atoms with Gasteiger partial charge in [-0.05, 0) is 44.2 Å². The number of aromatic amines is 1. The Kier molecular flexibility index (Phi) is 6.61. The van der Waals surface area contributed by atoms with Gasteiger partial charge in [0.1, 0.15) is 28.5 Å². The van der Waals surface area contributed by atoms with Crippen molar-refractivity contribution in [2.24, 2.45) is 0 Å². The lowest BCUT2D eigenvalue weighted by Crippen LogP contribution is -2.20. The van der Waals surface area contributed by atoms with Gasteiger partial charge < -0.3 is 19.8 Å². The monoisotopic (exact) mass is 476 g/mol. The molecule has 0 amide bonds. The molecule has 2 N–H and O–H groups in total. The molecule has 0 radical (unpaired) electrons. The summed E-state index contributed by atoms with van der Waals surface area (Å²) < 4.78 is 11.1. The minimum Gasteiger partial charge on any atom is -0.483 e. The number of pyridine rings is 2. The van der Waals surface area contributed by atoms with Crippen molar-refractivity contribution in [2.75, 3.05) is 12.4 Å². The highest BCUT2D eigenvalue weighted by Crippen LogP contribution is 2.34. The Hall–Kier alpha value is -4.16. The van der Waals surface area contributed by atoms with Gasteiger partial charge in [0.05, 0.1) is 30.6 Å². The fourth-order valence-electron chi connectivity index (χ4n) is 3.46. The van der Waals surface area contributed by atoms with Crippen molar-refractivity contribution in [3.05, 3.63) is 81.0 Å². The van der Waals surface area contributed by atoms with Crippen LogP contribution in [0.3, 0.4) is 0 Å². The predicted octanol–water partition coefficient (Wildman–Crippen LogP) is 4.56. The molecule has 172 valence electrons. The van der Waals surface area contributed by atoms with E-state index in [1.165, 1.54) is 13.3 Å². The molecular formula is C24H21ClN6O3. The largest absolute Gasteiger partial charge is 0.483 e. The Morgan fingerprint density at radius 3 is 2.74 bits per heavy atom. The number of fused-ring (bicyclic) bond motifs is 1. The van der Waals surface area contributed by atoms with Gasteiger partial charge in [-0.25, -0.2) is 4.98 Å². The van der Waals surface area contributed by atoms with E-state index in [0.717, 1.165) is 11.1 Å². The van der Waals surface area contributed by atoms with Gasteiger partial charge in [0, 0.05) is 17.1 Å². The molecule has 0 spiro atoms. The van der Waals surface area contributed by atoms with E-state index >= 15 is 0 Å². The van der Waals surface area contributed by atoms with Gasteiger partial charge in [-0.3, -0.25) is 9.78 Å². The highest BCUT2D eigenvalue weighted by molar-refractivity contribution is 6.36. The molecule has 0 aliphatic rings. The van der Waals surface area contributed by atoms with Crippen LogP contribution >= 0.6 is 11.6 Å². The molecule has 3 heterocycles. The molecule has 0 unspecified atom stereocenters. The van der Waals surface area contributed by atoms with E-state index in [-0.39, 0.29) is 29.1 Å². The minimum absolute atomic E-state index is 0.152. The first-order valence-electron chi connectivity index (χ1n) is 10.4. The van der Waals surface area contributed by atoms with Crippen LogP contribution in [0, 0.1) is 11.3 Å². The molecule has 0 saturated heterocycles. The molecule has 4 aromatic rings. The predicted molar refractivity (Wildman–Crippen MR) is 128 cm³/mol. The highest BCUT2D eigenvalue weighted by Gasteiger charge is 2.18. The van der Waals surface area contributed by atoms with Crippen LogP contribution in [0.15, 0.2) is 53.6 Å². The fourth-order valence-corrected chi connectivity index (χ4v) is 3.72. The summed E-state index contributed by atoms with van der Waals surface area (Å²) >= 11 is 6.58. The number of hydrogen-bond acceptors (Lipinski definition) is 8. The van der Waals surface area contributed by atoms with Crippen molar-refractivity contribution in [1.29, 1.82) is 5.26 Å². The van der Waals surface area contributed by atoms with Gasteiger partial charge >= 0.3 is 0 Å². The number of nitrogens with one attached hydrogen (secondary N) is 2. The number of benzene rings is 1. The SMILES string of the molecule is COc1nc(N[C@@H](C)c2cc3ccc(O[C@H](C)c4ccccn4)c(Cl)c3[nH]c2=O)ncc1C#N. The standard InChI is InChI=1S/C24H21ClN6O3/c1-13(29-24-28-12-16(11-26)23(31-24)33-3)17-10-15-7-8-19(20(25)21(15)30-22(17)32)34-14(2)18-6-4-5-9-27-18/h4-10,12-14H,1-3H3,(H,30,32)(H,28,29,31)/t13-,14+/m0/s1. The second kappa shape index (κ2) is 9.77. The maximum Gasteiger partial charge on any atom is 0.253 e. The highest BCUT2D eigenvalue weighted by atomic mass is 35.5. The summed E-state index contributed by atoms with van der Waals surface area (Å²) in [6, 6.07) is 12.5. The van der Waals surface area contributed by atoms with Crippen LogP contribution in [0.2, 0.25) is 5.02 Å². The third-order valence-electron chi connectivity index (χ3n) is 5.24. The second-order valence-electron chi connectivity index (χ2n) is 7.50. The summed E-state index contributed by atoms with van der Waals surface area (Å²) in [4.78, 5) is 28.3. The number of aromatic nitrogens is 4. The van der Waals surface area contributed by atoms with Crippen LogP contribution in [0.1, 0.15) is 42.8 Å². The molecule has 34 heavy (non-hydrogen) atoms. The van der Waals surface area contributed by atoms with Crippen molar-refractivity contribution in [2.45, 2.75) is 26.0 Å². The molecular weight excluding hydrogens is 456 g/mol. The summed E-state index contributed by atoms with van der Waals surface area (Å²) in [5.41, 5.74) is 1.61. The van der Waals surface area contributed by atoms with Crippen LogP contribution in [0.25, 0.3) is 10.9 Å². The molecule has 1 aromatic carbocycles. The summed E-state index contributed by atoms with van der Waals surface area (Å²) in [5.74, 6) is 0.826. The van der Waals surface area contributed by atoms with E-state index in [9.17, 15) is 4.79 Å². The third-order valence-corrected chi connectivity index (χ3v) is 5.61. The van der Waals surface area contributed by atoms with Crippen molar-refractivity contribution in [1.82, 2.24) is 19.9 Å². The van der Waals surface area contributed by atoms with Crippen LogP contribution in [-0.4, -0.2) is 27.0 Å². The zero-order chi connectivity index (χ0) is 24.2. The lowest BCUT2D eigenvalue weighted by molar-refractivity contribution is 0.222. The first kappa shape index (κ1) is 23.0. The quantitative estimate of drug-likeness (QED) is 0.397. The maximum absolute atomic E-state index is 12.9. The molecule has 0 aliphatic heterocycles. The average Bonchev–Trinajstić information content (AvgIpc) is 2.86. The van der Waals surface area contributed by atoms with E-state index in [4.69, 9.17) is 26.3 Å². The smallest absolute Gasteiger partial charge is 0.253 e. The molecule has 0 fully saturated rings. The van der Waals surface area contributed by atoms with Crippen molar-refractivity contribution in [3.63, 3.8) is 0 Å². The van der Waals surface area contributed by atoms with Crippen molar-refractivity contribution >= 4 is 28.5 Å². The number of methoxy groups -OCH3 is 1. The minimum atomic E-state index is -0.440. The van der Waals surface area contributed by atoms with E-state index in [1.54, 1.807) is 25.3 Å². The lowest BCUT2D eigenvalue weighted by atomic mass is 10.1. The number of H-pyrrole nitrogens is 1. The maximum atomic E-state index is 12.9. The molecule has 9 nitrogen and oxygen atoms in total. The van der Waals surface area contributed by atoms with Gasteiger partial charge in [-0.15, -0.1) is 0 Å². The average molecular weight is 477 g/mol. The van der Waals surface area contributed by atoms with Crippen LogP contribution in [0.4, 0.5) is 5.95 Å². The zero-order valence-corrected chi connectivity index (χ0v) is 19.4. The van der Waals surface area contributed by atoms with Gasteiger partial charge in [0.15, 0.2) is 0 Å². The van der Waals surface area contributed by atoms with E-state index in [1.807, 2.05) is 37.3 Å². The Balaban J connectivity index is 1.61. The number of rotatable bonds is 7. The molecule has 0 saturated carbocycles. The van der Waals surface area contributed by atoms with Crippen molar-refractivity contribution in [3.8, 4) is 17.7 Å². The molecule has 4 rings (SSSR count). The number of nitrogens with zero attached hydrogens (tertiary/aromatic N) is 4. The van der Waals surface area contributed by atoms with Crippen molar-refractivity contribution < 1.29 is 9.47 Å². The topological polar surface area (TPSA) is 126 Å². The summed E-state index contributed by atoms with van der Waals surface area (Å²) in [5, 5.41) is 13.2. The number of hydrogen-bond donors (Lipinski definition) is 2. The third kappa shape index (κ3) is 4.63. The van der Waals surface area contributed by atoms with E-state index < -0.39 is 6.04 Å². The fraction of sp³-hybridized carbons (Fsp3) is 0.208. The first-order valence-corrected chi connectivity index (χ1v) is 10.8. The summed E-state index contributed by atoms with van der Waals surface area (Å²) in [6.45, 7) is 3.68. The van der Waals surface area contributed by atoms with Crippen LogP contribution < -0.4 is 20.3 Å². The molecule has 2 atom stereocenters. The second-order valence-corrected chi connectivity index (χ2v) is 7.88. The lowest BCUT2D eigenvalue weighted by Gasteiger charge is -2.17. The van der Waals surface area contributed by atoms with E-state index in [2.05, 4.69) is 25.3 Å². The van der Waals surface area contributed by atoms with E-state index in [0.29, 0.717) is 21.9 Å². The number of halogens is 1. The zero-order valence-electron chi connectivity index (χ0n) is 18.7. The number of anilines is 1. The van der Waals surface area contributed by atoms with Gasteiger partial charge in [-0.1, -0.05) is 17.7 Å². The van der Waals surface area contributed by atoms with Gasteiger partial charge in [0.25, 0.3) is 5.56 Å². The Bertz CT molecular complexity index is 1430. The Labute approximate surface area is 200 Å². The normalized spacial score (nSPS) is 12.6. The number of ether oxygens (including phenoxy) is 2. The van der Waals surface area contributed by atoms with Gasteiger partial charge in [-0.2, -0.15) is 10.2 Å². The van der Waals surface area contributed by atoms with Crippen LogP contribution in [-0.2, 0) is 0 Å². The molecule has 0 bridgehead atoms. The number of nitriles is 1. The molecule has 10 heteroatoms. The van der Waals surface area contributed by atoms with Gasteiger partial charge in [0.2, 0.25) is 11.8 Å². The summed E-state index contributed by atoms with van der Waals surface area (Å²) in [6.07, 6.45) is 2.74. The Morgan fingerprint density at radius 2 is 2.03 bits per heavy atom.